The maximum atomic E-state index is 6.53. The van der Waals surface area contributed by atoms with Crippen molar-refractivity contribution < 1.29 is 9.16 Å². The molecule has 0 radical (unpaired) electrons. The summed E-state index contributed by atoms with van der Waals surface area (Å²) in [6.07, 6.45) is 4.04. The van der Waals surface area contributed by atoms with Gasteiger partial charge >= 0.3 is 0 Å². The molecule has 0 saturated carbocycles. The van der Waals surface area contributed by atoms with Gasteiger partial charge in [-0.3, -0.25) is 0 Å². The van der Waals surface area contributed by atoms with Crippen molar-refractivity contribution in [2.75, 3.05) is 0 Å². The maximum Gasteiger partial charge on any atom is 0.250 e. The Hall–Kier alpha value is -4.61. The zero-order chi connectivity index (χ0) is 30.8. The number of nitrogens with zero attached hydrogens (tertiary/aromatic N) is 2. The van der Waals surface area contributed by atoms with Crippen LogP contribution in [0.15, 0.2) is 140 Å². The van der Waals surface area contributed by atoms with E-state index in [0.29, 0.717) is 6.61 Å². The van der Waals surface area contributed by atoms with Gasteiger partial charge in [0, 0.05) is 6.20 Å². The van der Waals surface area contributed by atoms with Crippen molar-refractivity contribution in [1.29, 1.82) is 0 Å². The summed E-state index contributed by atoms with van der Waals surface area (Å²) in [5, 5.41) is 2.40. The Morgan fingerprint density at radius 1 is 0.636 bits per heavy atom. The van der Waals surface area contributed by atoms with E-state index < -0.39 is 13.9 Å². The fourth-order valence-corrected chi connectivity index (χ4v) is 6.59. The lowest BCUT2D eigenvalue weighted by atomic mass is 9.77. The van der Waals surface area contributed by atoms with Crippen LogP contribution < -0.4 is 9.16 Å². The second kappa shape index (κ2) is 11.8. The molecular formula is C39H40N2O2Si. The number of benzene rings is 5. The van der Waals surface area contributed by atoms with Crippen LogP contribution in [0, 0.1) is 0 Å². The zero-order valence-corrected chi connectivity index (χ0v) is 27.2. The molecule has 1 heterocycles. The molecule has 6 rings (SSSR count). The van der Waals surface area contributed by atoms with Gasteiger partial charge in [-0.15, -0.1) is 0 Å². The molecule has 0 aliphatic rings. The van der Waals surface area contributed by atoms with Gasteiger partial charge in [0.2, 0.25) is 8.32 Å². The Bertz CT molecular complexity index is 1750. The van der Waals surface area contributed by atoms with Crippen molar-refractivity contribution in [2.24, 2.45) is 0 Å². The molecule has 6 aromatic rings. The van der Waals surface area contributed by atoms with Gasteiger partial charge in [0.05, 0.1) is 12.0 Å². The number of hydrogen-bond acceptors (Lipinski definition) is 3. The standard InChI is InChI=1S/C39H40N2O2Si/c1-38(2,3)44(4,5)43-37-24-22-30-25-36(23-21-31(30)26-37)42-28-35-27-41(29-40-35)39(32-15-9-6-10-16-32,33-17-11-7-12-18-33)34-19-13-8-14-20-34/h6-27,29H,28H2,1-5H3. The van der Waals surface area contributed by atoms with Crippen LogP contribution in [-0.2, 0) is 12.1 Å². The maximum absolute atomic E-state index is 6.53. The fraction of sp³-hybridized carbons (Fsp3) is 0.205. The lowest BCUT2D eigenvalue weighted by Gasteiger charge is -2.37. The van der Waals surface area contributed by atoms with E-state index in [9.17, 15) is 0 Å². The van der Waals surface area contributed by atoms with Gasteiger partial charge in [0.25, 0.3) is 0 Å². The molecule has 0 fully saturated rings. The first-order valence-corrected chi connectivity index (χ1v) is 18.1. The Morgan fingerprint density at radius 2 is 1.11 bits per heavy atom. The van der Waals surface area contributed by atoms with Crippen molar-refractivity contribution in [2.45, 2.75) is 51.0 Å². The highest BCUT2D eigenvalue weighted by molar-refractivity contribution is 6.74. The summed E-state index contributed by atoms with van der Waals surface area (Å²) in [6.45, 7) is 11.7. The molecule has 0 amide bonds. The summed E-state index contributed by atoms with van der Waals surface area (Å²) in [7, 11) is -1.90. The minimum atomic E-state index is -1.90. The molecule has 222 valence electrons. The predicted octanol–water partition coefficient (Wildman–Crippen LogP) is 9.84. The van der Waals surface area contributed by atoms with E-state index >= 15 is 0 Å². The van der Waals surface area contributed by atoms with Crippen LogP contribution in [0.1, 0.15) is 43.2 Å². The van der Waals surface area contributed by atoms with Crippen LogP contribution in [0.4, 0.5) is 0 Å². The number of aromatic nitrogens is 2. The first kappa shape index (κ1) is 29.5. The van der Waals surface area contributed by atoms with E-state index in [1.165, 1.54) is 0 Å². The van der Waals surface area contributed by atoms with Crippen LogP contribution in [0.5, 0.6) is 11.5 Å². The zero-order valence-electron chi connectivity index (χ0n) is 26.2. The Kier molecular flexibility index (Phi) is 7.91. The number of rotatable bonds is 9. The molecule has 0 aliphatic heterocycles. The van der Waals surface area contributed by atoms with Gasteiger partial charge in [-0.05, 0) is 69.9 Å². The third-order valence-corrected chi connectivity index (χ3v) is 13.3. The lowest BCUT2D eigenvalue weighted by molar-refractivity contribution is 0.302. The largest absolute Gasteiger partial charge is 0.543 e. The Balaban J connectivity index is 1.29. The smallest absolute Gasteiger partial charge is 0.250 e. The van der Waals surface area contributed by atoms with Gasteiger partial charge in [0.15, 0.2) is 0 Å². The SMILES string of the molecule is CC(C)(C)[Si](C)(C)Oc1ccc2cc(OCc3cn(C(c4ccccc4)(c4ccccc4)c4ccccc4)cn3)ccc2c1. The third-order valence-electron chi connectivity index (χ3n) is 8.95. The van der Waals surface area contributed by atoms with Crippen molar-refractivity contribution in [3.63, 3.8) is 0 Å². The summed E-state index contributed by atoms with van der Waals surface area (Å²) < 4.78 is 15.0. The van der Waals surface area contributed by atoms with E-state index in [4.69, 9.17) is 14.1 Å². The van der Waals surface area contributed by atoms with Crippen molar-refractivity contribution in [3.8, 4) is 11.5 Å². The average molecular weight is 597 g/mol. The molecule has 5 aromatic carbocycles. The number of fused-ring (bicyclic) bond motifs is 1. The predicted molar refractivity (Wildman–Crippen MR) is 183 cm³/mol. The van der Waals surface area contributed by atoms with Crippen molar-refractivity contribution >= 4 is 19.1 Å². The third kappa shape index (κ3) is 5.68. The van der Waals surface area contributed by atoms with Crippen LogP contribution in [0.25, 0.3) is 10.8 Å². The first-order chi connectivity index (χ1) is 21.2. The summed E-state index contributed by atoms with van der Waals surface area (Å²) in [5.41, 5.74) is 3.74. The van der Waals surface area contributed by atoms with E-state index in [2.05, 4.69) is 166 Å². The minimum Gasteiger partial charge on any atom is -0.543 e. The second-order valence-corrected chi connectivity index (χ2v) is 17.6. The molecule has 0 aliphatic carbocycles. The topological polar surface area (TPSA) is 36.3 Å². The van der Waals surface area contributed by atoms with Crippen LogP contribution in [0.2, 0.25) is 18.1 Å². The van der Waals surface area contributed by atoms with Crippen LogP contribution >= 0.6 is 0 Å². The van der Waals surface area contributed by atoms with Gasteiger partial charge < -0.3 is 13.7 Å². The monoisotopic (exact) mass is 596 g/mol. The highest BCUT2D eigenvalue weighted by Gasteiger charge is 2.39. The quantitative estimate of drug-likeness (QED) is 0.123. The van der Waals surface area contributed by atoms with E-state index in [1.54, 1.807) is 0 Å². The van der Waals surface area contributed by atoms with Gasteiger partial charge in [-0.1, -0.05) is 124 Å². The highest BCUT2D eigenvalue weighted by atomic mass is 28.4. The molecule has 4 nitrogen and oxygen atoms in total. The van der Waals surface area contributed by atoms with E-state index in [0.717, 1.165) is 44.7 Å². The lowest BCUT2D eigenvalue weighted by Crippen LogP contribution is -2.43. The molecule has 1 aromatic heterocycles. The van der Waals surface area contributed by atoms with Crippen LogP contribution in [0.3, 0.4) is 0 Å². The van der Waals surface area contributed by atoms with Gasteiger partial charge in [-0.2, -0.15) is 0 Å². The second-order valence-electron chi connectivity index (χ2n) is 12.9. The molecule has 44 heavy (non-hydrogen) atoms. The Labute approximate surface area is 262 Å². The molecule has 0 spiro atoms. The first-order valence-electron chi connectivity index (χ1n) is 15.2. The van der Waals surface area contributed by atoms with E-state index in [1.807, 2.05) is 12.4 Å². The molecule has 0 unspecified atom stereocenters. The number of imidazole rings is 1. The minimum absolute atomic E-state index is 0.148. The number of ether oxygens (including phenoxy) is 1. The van der Waals surface area contributed by atoms with Crippen molar-refractivity contribution in [3.05, 3.63) is 162 Å². The molecule has 0 saturated heterocycles. The average Bonchev–Trinajstić information content (AvgIpc) is 3.50. The summed E-state index contributed by atoms with van der Waals surface area (Å²) in [4.78, 5) is 4.83. The molecular weight excluding hydrogens is 557 g/mol. The molecule has 0 atom stereocenters. The molecule has 0 bridgehead atoms. The normalized spacial score (nSPS) is 12.3. The van der Waals surface area contributed by atoms with Gasteiger partial charge in [0.1, 0.15) is 23.6 Å². The number of hydrogen-bond donors (Lipinski definition) is 0. The summed E-state index contributed by atoms with van der Waals surface area (Å²) in [5.74, 6) is 1.74. The summed E-state index contributed by atoms with van der Waals surface area (Å²) in [6, 6.07) is 44.4. The molecule has 5 heteroatoms. The van der Waals surface area contributed by atoms with Crippen molar-refractivity contribution in [1.82, 2.24) is 9.55 Å². The van der Waals surface area contributed by atoms with Gasteiger partial charge in [-0.25, -0.2) is 4.98 Å². The molecule has 0 N–H and O–H groups in total. The Morgan fingerprint density at radius 3 is 1.61 bits per heavy atom. The highest BCUT2D eigenvalue weighted by Crippen LogP contribution is 2.41. The fourth-order valence-electron chi connectivity index (χ4n) is 5.57. The van der Waals surface area contributed by atoms with Crippen LogP contribution in [-0.4, -0.2) is 17.9 Å². The van der Waals surface area contributed by atoms with E-state index in [-0.39, 0.29) is 5.04 Å². The summed E-state index contributed by atoms with van der Waals surface area (Å²) >= 11 is 0.